The third-order valence-electron chi connectivity index (χ3n) is 4.92. The van der Waals surface area contributed by atoms with Crippen molar-refractivity contribution in [3.63, 3.8) is 0 Å². The number of nitrogens with zero attached hydrogens (tertiary/aromatic N) is 2. The number of aryl methyl sites for hydroxylation is 2. The minimum absolute atomic E-state index is 0.298. The van der Waals surface area contributed by atoms with Gasteiger partial charge in [0.25, 0.3) is 0 Å². The molecule has 3 aromatic rings. The third kappa shape index (κ3) is 4.93. The maximum Gasteiger partial charge on any atom is 0.149 e. The standard InChI is InChI=1S/C22H22F2N3PS/c1-28-29-13-14-8-17-5-3-2-4-15-10-16(23)6-7-18(15)19-11-21(25-12-20(19)24)27-22(9-14)26-17/h6-12,28H,2-5,13H2,1H3,(H,25,26,27). The van der Waals surface area contributed by atoms with Crippen LogP contribution in [0.3, 0.4) is 0 Å². The second kappa shape index (κ2) is 9.19. The maximum absolute atomic E-state index is 14.6. The Labute approximate surface area is 175 Å². The van der Waals surface area contributed by atoms with Gasteiger partial charge in [0.2, 0.25) is 0 Å². The van der Waals surface area contributed by atoms with Crippen LogP contribution in [0.25, 0.3) is 11.1 Å². The lowest BCUT2D eigenvalue weighted by atomic mass is 9.95. The molecule has 3 nitrogen and oxygen atoms in total. The molecule has 1 atom stereocenters. The number of halogens is 2. The second-order valence-electron chi connectivity index (χ2n) is 7.03. The molecule has 29 heavy (non-hydrogen) atoms. The molecule has 1 aromatic carbocycles. The van der Waals surface area contributed by atoms with Crippen LogP contribution in [0.2, 0.25) is 0 Å². The van der Waals surface area contributed by atoms with Gasteiger partial charge >= 0.3 is 0 Å². The van der Waals surface area contributed by atoms with Gasteiger partial charge in [-0.1, -0.05) is 13.8 Å². The molecule has 1 aliphatic heterocycles. The highest BCUT2D eigenvalue weighted by molar-refractivity contribution is 8.48. The van der Waals surface area contributed by atoms with E-state index in [1.165, 1.54) is 23.9 Å². The Morgan fingerprint density at radius 3 is 2.76 bits per heavy atom. The molecule has 0 spiro atoms. The van der Waals surface area contributed by atoms with Crippen LogP contribution in [0.1, 0.15) is 29.7 Å². The highest BCUT2D eigenvalue weighted by Gasteiger charge is 2.14. The van der Waals surface area contributed by atoms with Gasteiger partial charge in [-0.3, -0.25) is 0 Å². The zero-order valence-corrected chi connectivity index (χ0v) is 18.0. The van der Waals surface area contributed by atoms with Crippen molar-refractivity contribution < 1.29 is 8.78 Å². The van der Waals surface area contributed by atoms with Crippen LogP contribution in [0.4, 0.5) is 20.4 Å². The van der Waals surface area contributed by atoms with E-state index in [1.54, 1.807) is 12.1 Å². The van der Waals surface area contributed by atoms with E-state index in [0.29, 0.717) is 23.4 Å². The summed E-state index contributed by atoms with van der Waals surface area (Å²) in [5, 5.41) is 3.24. The molecule has 4 rings (SSSR count). The molecule has 1 unspecified atom stereocenters. The SMILES string of the molecule is CPSCc1cc2nc(c1)Nc1cc(c(F)cn1)-c1ccc(F)cc1CCCC2. The molecular formula is C22H22F2N3PS. The Hall–Kier alpha value is -2.04. The van der Waals surface area contributed by atoms with Crippen molar-refractivity contribution in [1.29, 1.82) is 0 Å². The first-order valence-corrected chi connectivity index (χ1v) is 12.8. The molecule has 2 aromatic heterocycles. The summed E-state index contributed by atoms with van der Waals surface area (Å²) >= 11 is 1.89. The van der Waals surface area contributed by atoms with E-state index >= 15 is 0 Å². The predicted octanol–water partition coefficient (Wildman–Crippen LogP) is 6.50. The van der Waals surface area contributed by atoms with E-state index in [2.05, 4.69) is 23.0 Å². The predicted molar refractivity (Wildman–Crippen MR) is 119 cm³/mol. The van der Waals surface area contributed by atoms with E-state index in [1.807, 2.05) is 17.4 Å². The highest BCUT2D eigenvalue weighted by Crippen LogP contribution is 2.32. The van der Waals surface area contributed by atoms with Crippen LogP contribution in [0, 0.1) is 11.6 Å². The Balaban J connectivity index is 1.77. The smallest absolute Gasteiger partial charge is 0.149 e. The number of rotatable bonds is 3. The molecule has 0 radical (unpaired) electrons. The molecule has 0 fully saturated rings. The van der Waals surface area contributed by atoms with E-state index in [9.17, 15) is 8.78 Å². The number of pyridine rings is 2. The van der Waals surface area contributed by atoms with Crippen LogP contribution in [0.15, 0.2) is 42.6 Å². The van der Waals surface area contributed by atoms with Crippen LogP contribution in [-0.2, 0) is 18.6 Å². The molecule has 0 aliphatic carbocycles. The number of anilines is 2. The monoisotopic (exact) mass is 429 g/mol. The zero-order valence-electron chi connectivity index (χ0n) is 16.1. The van der Waals surface area contributed by atoms with Crippen LogP contribution in [-0.4, -0.2) is 16.6 Å². The molecule has 1 aliphatic rings. The van der Waals surface area contributed by atoms with Gasteiger partial charge < -0.3 is 5.32 Å². The lowest BCUT2D eigenvalue weighted by Gasteiger charge is -2.12. The first-order valence-electron chi connectivity index (χ1n) is 9.62. The average Bonchev–Trinajstić information content (AvgIpc) is 2.71. The quantitative estimate of drug-likeness (QED) is 0.482. The highest BCUT2D eigenvalue weighted by atomic mass is 32.7. The normalized spacial score (nSPS) is 13.9. The number of benzene rings is 1. The van der Waals surface area contributed by atoms with Crippen molar-refractivity contribution in [2.45, 2.75) is 31.4 Å². The van der Waals surface area contributed by atoms with E-state index in [-0.39, 0.29) is 5.82 Å². The fraction of sp³-hybridized carbons (Fsp3) is 0.273. The van der Waals surface area contributed by atoms with Crippen molar-refractivity contribution in [3.05, 3.63) is 71.1 Å². The summed E-state index contributed by atoms with van der Waals surface area (Å²) in [6.45, 7) is 2.17. The number of nitrogens with one attached hydrogen (secondary N) is 1. The van der Waals surface area contributed by atoms with Crippen molar-refractivity contribution in [2.75, 3.05) is 12.0 Å². The molecule has 1 N–H and O–H groups in total. The minimum atomic E-state index is -0.416. The third-order valence-corrected chi connectivity index (χ3v) is 6.98. The molecule has 4 bridgehead atoms. The summed E-state index contributed by atoms with van der Waals surface area (Å²) in [4.78, 5) is 8.92. The maximum atomic E-state index is 14.6. The lowest BCUT2D eigenvalue weighted by Crippen LogP contribution is -2.01. The molecular weight excluding hydrogens is 407 g/mol. The number of aromatic nitrogens is 2. The average molecular weight is 429 g/mol. The first-order chi connectivity index (χ1) is 14.1. The Kier molecular flexibility index (Phi) is 6.41. The molecule has 3 heterocycles. The fourth-order valence-electron chi connectivity index (χ4n) is 3.58. The summed E-state index contributed by atoms with van der Waals surface area (Å²) in [5.74, 6) is 1.47. The van der Waals surface area contributed by atoms with Crippen LogP contribution < -0.4 is 5.32 Å². The number of hydrogen-bond acceptors (Lipinski definition) is 4. The van der Waals surface area contributed by atoms with Crippen LogP contribution in [0.5, 0.6) is 0 Å². The molecule has 0 saturated heterocycles. The summed E-state index contributed by atoms with van der Waals surface area (Å²) in [6, 6.07) is 10.4. The Bertz CT molecular complexity index is 1030. The van der Waals surface area contributed by atoms with Crippen molar-refractivity contribution >= 4 is 30.8 Å². The first kappa shape index (κ1) is 20.2. The number of hydrogen-bond donors (Lipinski definition) is 1. The summed E-state index contributed by atoms with van der Waals surface area (Å²) in [7, 11) is 0.828. The lowest BCUT2D eigenvalue weighted by molar-refractivity contribution is 0.619. The molecule has 7 heteroatoms. The molecule has 0 amide bonds. The summed E-state index contributed by atoms with van der Waals surface area (Å²) < 4.78 is 28.5. The van der Waals surface area contributed by atoms with Gasteiger partial charge in [0.05, 0.1) is 6.20 Å². The van der Waals surface area contributed by atoms with Gasteiger partial charge in [-0.25, -0.2) is 18.7 Å². The van der Waals surface area contributed by atoms with Gasteiger partial charge in [-0.15, -0.1) is 11.4 Å². The summed E-state index contributed by atoms with van der Waals surface area (Å²) in [5.41, 5.74) is 4.22. The molecule has 150 valence electrons. The van der Waals surface area contributed by atoms with Crippen molar-refractivity contribution in [1.82, 2.24) is 9.97 Å². The second-order valence-corrected chi connectivity index (χ2v) is 10.1. The molecule has 0 saturated carbocycles. The van der Waals surface area contributed by atoms with Crippen molar-refractivity contribution in [3.8, 4) is 11.1 Å². The van der Waals surface area contributed by atoms with Crippen LogP contribution >= 0.6 is 19.2 Å². The minimum Gasteiger partial charge on any atom is -0.325 e. The summed E-state index contributed by atoms with van der Waals surface area (Å²) in [6.07, 6.45) is 4.58. The van der Waals surface area contributed by atoms with Gasteiger partial charge in [0, 0.05) is 17.0 Å². The fourth-order valence-corrected chi connectivity index (χ4v) is 4.99. The number of fused-ring (bicyclic) bond motifs is 6. The van der Waals surface area contributed by atoms with E-state index in [0.717, 1.165) is 49.9 Å². The zero-order chi connectivity index (χ0) is 20.2. The topological polar surface area (TPSA) is 37.8 Å². The Morgan fingerprint density at radius 1 is 1.03 bits per heavy atom. The Morgan fingerprint density at radius 2 is 1.90 bits per heavy atom. The van der Waals surface area contributed by atoms with Gasteiger partial charge in [0.1, 0.15) is 23.3 Å². The van der Waals surface area contributed by atoms with Gasteiger partial charge in [0.15, 0.2) is 0 Å². The van der Waals surface area contributed by atoms with Gasteiger partial charge in [-0.05, 0) is 79.4 Å². The van der Waals surface area contributed by atoms with E-state index in [4.69, 9.17) is 4.98 Å². The van der Waals surface area contributed by atoms with E-state index < -0.39 is 5.82 Å². The van der Waals surface area contributed by atoms with Gasteiger partial charge in [-0.2, -0.15) is 0 Å². The largest absolute Gasteiger partial charge is 0.325 e. The van der Waals surface area contributed by atoms with Crippen molar-refractivity contribution in [2.24, 2.45) is 0 Å².